The highest BCUT2D eigenvalue weighted by Gasteiger charge is 2.19. The lowest BCUT2D eigenvalue weighted by atomic mass is 10.2. The van der Waals surface area contributed by atoms with Crippen LogP contribution in [0.2, 0.25) is 0 Å². The number of thiocarbonyl (C=S) groups is 1. The van der Waals surface area contributed by atoms with Crippen LogP contribution >= 0.6 is 12.2 Å². The smallest absolute Gasteiger partial charge is 0.231 e. The minimum absolute atomic E-state index is 0.142. The lowest BCUT2D eigenvalue weighted by Crippen LogP contribution is -2.20. The molecule has 2 heterocycles. The Bertz CT molecular complexity index is 599. The number of aromatic nitrogens is 4. The van der Waals surface area contributed by atoms with Crippen LogP contribution in [0.15, 0.2) is 18.5 Å². The summed E-state index contributed by atoms with van der Waals surface area (Å²) in [6, 6.07) is 3.48. The average Bonchev–Trinajstić information content (AvgIpc) is 2.97. The number of nitrogens with zero attached hydrogens (tertiary/aromatic N) is 4. The highest BCUT2D eigenvalue weighted by atomic mass is 32.1. The van der Waals surface area contributed by atoms with Crippen LogP contribution in [-0.4, -0.2) is 32.1 Å². The summed E-state index contributed by atoms with van der Waals surface area (Å²) in [7, 11) is 0. The topological polar surface area (TPSA) is 100 Å². The second-order valence-electron chi connectivity index (χ2n) is 3.47. The molecule has 0 saturated carbocycles. The van der Waals surface area contributed by atoms with Crippen molar-refractivity contribution in [2.24, 2.45) is 5.73 Å². The Hall–Kier alpha value is -2.42. The molecule has 0 bridgehead atoms. The number of benzene rings is 1. The summed E-state index contributed by atoms with van der Waals surface area (Å²) >= 11 is 4.83. The zero-order chi connectivity index (χ0) is 12.5. The van der Waals surface area contributed by atoms with Gasteiger partial charge in [-0.2, -0.15) is 4.68 Å². The minimum atomic E-state index is 0.142. The Morgan fingerprint density at radius 3 is 2.83 bits per heavy atom. The van der Waals surface area contributed by atoms with Gasteiger partial charge in [-0.1, -0.05) is 0 Å². The van der Waals surface area contributed by atoms with Crippen LogP contribution in [0.25, 0.3) is 5.69 Å². The number of nitrogens with two attached hydrogens (primary N) is 1. The van der Waals surface area contributed by atoms with Gasteiger partial charge in [0.05, 0.1) is 11.4 Å². The molecule has 0 saturated heterocycles. The number of anilines is 1. The summed E-state index contributed by atoms with van der Waals surface area (Å²) in [5.74, 6) is 1.24. The van der Waals surface area contributed by atoms with Gasteiger partial charge in [0.2, 0.25) is 6.79 Å². The van der Waals surface area contributed by atoms with E-state index in [1.165, 1.54) is 11.0 Å². The molecule has 1 aliphatic heterocycles. The van der Waals surface area contributed by atoms with Crippen LogP contribution in [0, 0.1) is 0 Å². The number of nitrogens with one attached hydrogen (secondary N) is 1. The quantitative estimate of drug-likeness (QED) is 0.734. The standard InChI is InChI=1S/C9H8N6O2S/c10-9(18)12-5-1-7-8(17-4-16-7)2-6(5)15-3-11-13-14-15/h1-3H,4H2,(H3,10,12,18). The molecule has 9 heteroatoms. The average molecular weight is 264 g/mol. The van der Waals surface area contributed by atoms with Gasteiger partial charge in [-0.05, 0) is 22.6 Å². The Kier molecular flexibility index (Phi) is 2.45. The number of fused-ring (bicyclic) bond motifs is 1. The SMILES string of the molecule is NC(=S)Nc1cc2c(cc1-n1cnnn1)OCO2. The highest BCUT2D eigenvalue weighted by Crippen LogP contribution is 2.38. The number of rotatable bonds is 2. The molecule has 3 rings (SSSR count). The summed E-state index contributed by atoms with van der Waals surface area (Å²) < 4.78 is 12.1. The maximum absolute atomic E-state index is 5.48. The van der Waals surface area contributed by atoms with E-state index in [-0.39, 0.29) is 11.9 Å². The maximum Gasteiger partial charge on any atom is 0.231 e. The van der Waals surface area contributed by atoms with Crippen molar-refractivity contribution < 1.29 is 9.47 Å². The van der Waals surface area contributed by atoms with Gasteiger partial charge in [0.1, 0.15) is 6.33 Å². The van der Waals surface area contributed by atoms with E-state index in [1.807, 2.05) is 0 Å². The van der Waals surface area contributed by atoms with E-state index < -0.39 is 0 Å². The molecule has 0 unspecified atom stereocenters. The molecule has 0 radical (unpaired) electrons. The van der Waals surface area contributed by atoms with Gasteiger partial charge in [-0.15, -0.1) is 5.10 Å². The van der Waals surface area contributed by atoms with Crippen molar-refractivity contribution in [3.63, 3.8) is 0 Å². The van der Waals surface area contributed by atoms with Gasteiger partial charge in [-0.25, -0.2) is 0 Å². The van der Waals surface area contributed by atoms with E-state index in [0.717, 1.165) is 0 Å². The fraction of sp³-hybridized carbons (Fsp3) is 0.111. The van der Waals surface area contributed by atoms with E-state index in [1.54, 1.807) is 12.1 Å². The van der Waals surface area contributed by atoms with E-state index in [4.69, 9.17) is 27.4 Å². The highest BCUT2D eigenvalue weighted by molar-refractivity contribution is 7.80. The molecule has 0 amide bonds. The molecular weight excluding hydrogens is 256 g/mol. The molecule has 0 aliphatic carbocycles. The second kappa shape index (κ2) is 4.11. The van der Waals surface area contributed by atoms with Crippen molar-refractivity contribution in [2.45, 2.75) is 0 Å². The van der Waals surface area contributed by atoms with Crippen molar-refractivity contribution in [1.82, 2.24) is 20.2 Å². The number of ether oxygens (including phenoxy) is 2. The van der Waals surface area contributed by atoms with E-state index in [2.05, 4.69) is 20.8 Å². The first-order chi connectivity index (χ1) is 8.74. The van der Waals surface area contributed by atoms with Crippen molar-refractivity contribution in [3.8, 4) is 17.2 Å². The largest absolute Gasteiger partial charge is 0.454 e. The van der Waals surface area contributed by atoms with E-state index >= 15 is 0 Å². The van der Waals surface area contributed by atoms with E-state index in [0.29, 0.717) is 22.9 Å². The molecule has 92 valence electrons. The van der Waals surface area contributed by atoms with Crippen LogP contribution in [0.1, 0.15) is 0 Å². The molecule has 0 spiro atoms. The van der Waals surface area contributed by atoms with Crippen molar-refractivity contribution in [1.29, 1.82) is 0 Å². The lowest BCUT2D eigenvalue weighted by Gasteiger charge is -2.11. The number of hydrogen-bond acceptors (Lipinski definition) is 6. The van der Waals surface area contributed by atoms with Gasteiger partial charge in [0.25, 0.3) is 0 Å². The van der Waals surface area contributed by atoms with Crippen LogP contribution in [0.4, 0.5) is 5.69 Å². The molecule has 3 N–H and O–H groups in total. The molecule has 1 aliphatic rings. The summed E-state index contributed by atoms with van der Waals surface area (Å²) in [6.07, 6.45) is 1.46. The first-order valence-corrected chi connectivity index (χ1v) is 5.38. The predicted octanol–water partition coefficient (Wildman–Crippen LogP) is 0.0465. The fourth-order valence-corrected chi connectivity index (χ4v) is 1.74. The second-order valence-corrected chi connectivity index (χ2v) is 3.91. The maximum atomic E-state index is 5.48. The molecule has 2 aromatic rings. The van der Waals surface area contributed by atoms with Gasteiger partial charge < -0.3 is 20.5 Å². The zero-order valence-electron chi connectivity index (χ0n) is 9.03. The number of tetrazole rings is 1. The first kappa shape index (κ1) is 10.7. The summed E-state index contributed by atoms with van der Waals surface area (Å²) in [5.41, 5.74) is 6.78. The third-order valence-electron chi connectivity index (χ3n) is 2.34. The Labute approximate surface area is 107 Å². The van der Waals surface area contributed by atoms with Crippen molar-refractivity contribution in [2.75, 3.05) is 12.1 Å². The fourth-order valence-electron chi connectivity index (χ4n) is 1.63. The van der Waals surface area contributed by atoms with Gasteiger partial charge in [0.15, 0.2) is 16.6 Å². The van der Waals surface area contributed by atoms with Crippen LogP contribution < -0.4 is 20.5 Å². The zero-order valence-corrected chi connectivity index (χ0v) is 9.85. The Morgan fingerprint density at radius 1 is 1.39 bits per heavy atom. The Morgan fingerprint density at radius 2 is 2.17 bits per heavy atom. The number of hydrogen-bond donors (Lipinski definition) is 2. The molecular formula is C9H8N6O2S. The summed E-state index contributed by atoms with van der Waals surface area (Å²) in [4.78, 5) is 0. The molecule has 0 atom stereocenters. The van der Waals surface area contributed by atoms with E-state index in [9.17, 15) is 0 Å². The van der Waals surface area contributed by atoms with Gasteiger partial charge in [-0.3, -0.25) is 0 Å². The molecule has 1 aromatic carbocycles. The normalized spacial score (nSPS) is 12.4. The molecule has 8 nitrogen and oxygen atoms in total. The third kappa shape index (κ3) is 1.80. The van der Waals surface area contributed by atoms with Crippen molar-refractivity contribution in [3.05, 3.63) is 18.5 Å². The van der Waals surface area contributed by atoms with Crippen LogP contribution in [-0.2, 0) is 0 Å². The van der Waals surface area contributed by atoms with Crippen LogP contribution in [0.3, 0.4) is 0 Å². The van der Waals surface area contributed by atoms with Crippen LogP contribution in [0.5, 0.6) is 11.5 Å². The lowest BCUT2D eigenvalue weighted by molar-refractivity contribution is 0.174. The minimum Gasteiger partial charge on any atom is -0.454 e. The summed E-state index contributed by atoms with van der Waals surface area (Å²) in [6.45, 7) is 0.181. The summed E-state index contributed by atoms with van der Waals surface area (Å²) in [5, 5.41) is 14.0. The first-order valence-electron chi connectivity index (χ1n) is 4.97. The monoisotopic (exact) mass is 264 g/mol. The van der Waals surface area contributed by atoms with Crippen molar-refractivity contribution >= 4 is 23.0 Å². The molecule has 0 fully saturated rings. The predicted molar refractivity (Wildman–Crippen MR) is 65.7 cm³/mol. The Balaban J connectivity index is 2.12. The molecule has 18 heavy (non-hydrogen) atoms. The third-order valence-corrected chi connectivity index (χ3v) is 2.45. The van der Waals surface area contributed by atoms with Gasteiger partial charge in [0, 0.05) is 12.1 Å². The van der Waals surface area contributed by atoms with Gasteiger partial charge >= 0.3 is 0 Å². The molecule has 1 aromatic heterocycles.